The predicted molar refractivity (Wildman–Crippen MR) is 113 cm³/mol. The van der Waals surface area contributed by atoms with Crippen molar-refractivity contribution >= 4 is 34.2 Å². The number of amides is 3. The fourth-order valence-electron chi connectivity index (χ4n) is 3.41. The first-order chi connectivity index (χ1) is 14.5. The molecule has 3 aromatic rings. The highest BCUT2D eigenvalue weighted by molar-refractivity contribution is 7.15. The second-order valence-electron chi connectivity index (χ2n) is 7.43. The minimum absolute atomic E-state index is 0.298. The molecule has 4 rings (SSSR count). The molecule has 3 amide bonds. The van der Waals surface area contributed by atoms with E-state index in [9.17, 15) is 14.4 Å². The van der Waals surface area contributed by atoms with Crippen LogP contribution in [0.1, 0.15) is 51.2 Å². The summed E-state index contributed by atoms with van der Waals surface area (Å²) in [4.78, 5) is 40.3. The number of rotatable bonds is 6. The van der Waals surface area contributed by atoms with E-state index >= 15 is 0 Å². The Balaban J connectivity index is 1.66. The van der Waals surface area contributed by atoms with E-state index in [1.807, 2.05) is 6.07 Å². The molecule has 2 heterocycles. The minimum Gasteiger partial charge on any atom is -0.298 e. The molecule has 30 heavy (non-hydrogen) atoms. The van der Waals surface area contributed by atoms with Gasteiger partial charge in [0.1, 0.15) is 11.0 Å². The molecule has 1 aromatic heterocycles. The number of hydrogen-bond acceptors (Lipinski definition) is 6. The maximum absolute atomic E-state index is 13.3. The average Bonchev–Trinajstić information content (AvgIpc) is 3.26. The van der Waals surface area contributed by atoms with Crippen molar-refractivity contribution in [2.45, 2.75) is 26.3 Å². The van der Waals surface area contributed by atoms with Gasteiger partial charge < -0.3 is 0 Å². The van der Waals surface area contributed by atoms with Gasteiger partial charge in [-0.15, -0.1) is 10.2 Å². The quantitative estimate of drug-likeness (QED) is 0.614. The summed E-state index contributed by atoms with van der Waals surface area (Å²) >= 11 is 1.29. The molecule has 0 bridgehead atoms. The molecule has 0 saturated carbocycles. The van der Waals surface area contributed by atoms with Gasteiger partial charge in [-0.2, -0.15) is 0 Å². The normalized spacial score (nSPS) is 14.2. The molecular formula is C22H20N4O3S. The highest BCUT2D eigenvalue weighted by Gasteiger charge is 2.43. The molecule has 8 heteroatoms. The summed E-state index contributed by atoms with van der Waals surface area (Å²) in [5, 5.41) is 12.0. The molecule has 1 unspecified atom stereocenters. The van der Waals surface area contributed by atoms with Gasteiger partial charge in [0.15, 0.2) is 0 Å². The van der Waals surface area contributed by atoms with E-state index in [0.29, 0.717) is 27.7 Å². The van der Waals surface area contributed by atoms with Crippen LogP contribution in [0.2, 0.25) is 0 Å². The molecule has 2 aromatic carbocycles. The van der Waals surface area contributed by atoms with Crippen molar-refractivity contribution in [2.24, 2.45) is 5.92 Å². The summed E-state index contributed by atoms with van der Waals surface area (Å²) in [6, 6.07) is 14.2. The van der Waals surface area contributed by atoms with Crippen molar-refractivity contribution in [3.63, 3.8) is 0 Å². The van der Waals surface area contributed by atoms with Crippen molar-refractivity contribution in [2.75, 3.05) is 5.32 Å². The first-order valence-corrected chi connectivity index (χ1v) is 10.4. The maximum Gasteiger partial charge on any atom is 0.262 e. The van der Waals surface area contributed by atoms with E-state index in [2.05, 4.69) is 29.4 Å². The zero-order valence-electron chi connectivity index (χ0n) is 16.5. The van der Waals surface area contributed by atoms with Crippen LogP contribution in [0.15, 0.2) is 54.6 Å². The van der Waals surface area contributed by atoms with Crippen molar-refractivity contribution < 1.29 is 14.4 Å². The number of carbonyl (C=O) groups excluding carboxylic acids is 3. The van der Waals surface area contributed by atoms with Crippen LogP contribution in [0.3, 0.4) is 0 Å². The van der Waals surface area contributed by atoms with Crippen molar-refractivity contribution in [1.29, 1.82) is 0 Å². The molecule has 0 saturated heterocycles. The number of carbonyl (C=O) groups is 3. The number of imide groups is 1. The van der Waals surface area contributed by atoms with Crippen molar-refractivity contribution in [3.8, 4) is 0 Å². The van der Waals surface area contributed by atoms with E-state index < -0.39 is 23.8 Å². The summed E-state index contributed by atoms with van der Waals surface area (Å²) in [5.74, 6) is -1.07. The summed E-state index contributed by atoms with van der Waals surface area (Å²) < 4.78 is 0. The molecule has 0 fully saturated rings. The zero-order chi connectivity index (χ0) is 21.3. The first kappa shape index (κ1) is 19.9. The van der Waals surface area contributed by atoms with E-state index in [1.54, 1.807) is 48.5 Å². The van der Waals surface area contributed by atoms with Gasteiger partial charge in [-0.1, -0.05) is 67.6 Å². The van der Waals surface area contributed by atoms with Gasteiger partial charge in [0.25, 0.3) is 17.7 Å². The molecule has 0 aliphatic carbocycles. The van der Waals surface area contributed by atoms with Crippen LogP contribution in [0, 0.1) is 5.92 Å². The molecule has 1 N–H and O–H groups in total. The van der Waals surface area contributed by atoms with Crippen LogP contribution in [0.5, 0.6) is 0 Å². The molecule has 1 atom stereocenters. The fraction of sp³-hybridized carbons (Fsp3) is 0.227. The Labute approximate surface area is 177 Å². The van der Waals surface area contributed by atoms with Gasteiger partial charge in [-0.3, -0.25) is 24.6 Å². The van der Waals surface area contributed by atoms with Gasteiger partial charge in [0.2, 0.25) is 5.13 Å². The number of aromatic nitrogens is 2. The second kappa shape index (κ2) is 8.16. The number of nitrogens with zero attached hydrogens (tertiary/aromatic N) is 3. The summed E-state index contributed by atoms with van der Waals surface area (Å²) in [7, 11) is 0. The Morgan fingerprint density at radius 3 is 2.17 bits per heavy atom. The van der Waals surface area contributed by atoms with Crippen molar-refractivity contribution in [1.82, 2.24) is 15.1 Å². The van der Waals surface area contributed by atoms with E-state index in [-0.39, 0.29) is 0 Å². The molecule has 1 aliphatic rings. The number of nitrogens with one attached hydrogen (secondary N) is 1. The molecule has 1 aliphatic heterocycles. The monoisotopic (exact) mass is 420 g/mol. The highest BCUT2D eigenvalue weighted by Crippen LogP contribution is 2.32. The van der Waals surface area contributed by atoms with Crippen LogP contribution in [-0.2, 0) is 11.2 Å². The van der Waals surface area contributed by atoms with E-state index in [4.69, 9.17) is 0 Å². The minimum atomic E-state index is -1.11. The number of anilines is 1. The lowest BCUT2D eigenvalue weighted by Gasteiger charge is -2.25. The van der Waals surface area contributed by atoms with E-state index in [1.165, 1.54) is 11.3 Å². The van der Waals surface area contributed by atoms with Gasteiger partial charge in [-0.05, 0) is 23.6 Å². The highest BCUT2D eigenvalue weighted by atomic mass is 32.1. The Hall–Kier alpha value is -3.39. The molecule has 0 spiro atoms. The number of hydrogen-bond donors (Lipinski definition) is 1. The first-order valence-electron chi connectivity index (χ1n) is 9.61. The average molecular weight is 420 g/mol. The Morgan fingerprint density at radius 1 is 0.967 bits per heavy atom. The SMILES string of the molecule is CC(C)Cc1nnc(NC(=O)C(c2ccccc2)N2C(=O)c3ccccc3C2=O)s1. The lowest BCUT2D eigenvalue weighted by Crippen LogP contribution is -2.41. The lowest BCUT2D eigenvalue weighted by molar-refractivity contribution is -0.120. The van der Waals surface area contributed by atoms with E-state index in [0.717, 1.165) is 16.3 Å². The Bertz CT molecular complexity index is 1080. The lowest BCUT2D eigenvalue weighted by atomic mass is 10.0. The van der Waals surface area contributed by atoms with Crippen LogP contribution >= 0.6 is 11.3 Å². The van der Waals surface area contributed by atoms with Crippen LogP contribution in [0.4, 0.5) is 5.13 Å². The third-order valence-electron chi connectivity index (χ3n) is 4.73. The smallest absolute Gasteiger partial charge is 0.262 e. The fourth-order valence-corrected chi connectivity index (χ4v) is 4.36. The molecule has 7 nitrogen and oxygen atoms in total. The molecular weight excluding hydrogens is 400 g/mol. The summed E-state index contributed by atoms with van der Waals surface area (Å²) in [6.07, 6.45) is 0.758. The van der Waals surface area contributed by atoms with Crippen LogP contribution in [0.25, 0.3) is 0 Å². The van der Waals surface area contributed by atoms with Crippen LogP contribution < -0.4 is 5.32 Å². The maximum atomic E-state index is 13.3. The third-order valence-corrected chi connectivity index (χ3v) is 5.59. The standard InChI is InChI=1S/C22H20N4O3S/c1-13(2)12-17-24-25-22(30-17)23-19(27)18(14-8-4-3-5-9-14)26-20(28)15-10-6-7-11-16(15)21(26)29/h3-11,13,18H,12H2,1-2H3,(H,23,25,27). The number of benzene rings is 2. The molecule has 0 radical (unpaired) electrons. The zero-order valence-corrected chi connectivity index (χ0v) is 17.3. The summed E-state index contributed by atoms with van der Waals surface area (Å²) in [5.41, 5.74) is 1.13. The van der Waals surface area contributed by atoms with Gasteiger partial charge in [-0.25, -0.2) is 0 Å². The van der Waals surface area contributed by atoms with Crippen LogP contribution in [-0.4, -0.2) is 32.8 Å². The topological polar surface area (TPSA) is 92.3 Å². The largest absolute Gasteiger partial charge is 0.298 e. The van der Waals surface area contributed by atoms with Gasteiger partial charge in [0.05, 0.1) is 11.1 Å². The second-order valence-corrected chi connectivity index (χ2v) is 8.49. The Kier molecular flexibility index (Phi) is 5.41. The predicted octanol–water partition coefficient (Wildman–Crippen LogP) is 3.71. The summed E-state index contributed by atoms with van der Waals surface area (Å²) in [6.45, 7) is 4.15. The Morgan fingerprint density at radius 2 is 1.57 bits per heavy atom. The third kappa shape index (κ3) is 3.73. The van der Waals surface area contributed by atoms with Crippen molar-refractivity contribution in [3.05, 3.63) is 76.3 Å². The van der Waals surface area contributed by atoms with Gasteiger partial charge >= 0.3 is 0 Å². The van der Waals surface area contributed by atoms with Gasteiger partial charge in [0, 0.05) is 6.42 Å². The molecule has 152 valence electrons. The number of fused-ring (bicyclic) bond motifs is 1.